The van der Waals surface area contributed by atoms with E-state index in [-0.39, 0.29) is 5.56 Å². The van der Waals surface area contributed by atoms with E-state index in [1.807, 2.05) is 86.2 Å². The summed E-state index contributed by atoms with van der Waals surface area (Å²) in [4.78, 5) is 14.5. The van der Waals surface area contributed by atoms with Crippen LogP contribution in [-0.2, 0) is 7.05 Å². The molecule has 8 heteroatoms. The summed E-state index contributed by atoms with van der Waals surface area (Å²) in [6.07, 6.45) is 0. The van der Waals surface area contributed by atoms with Crippen molar-refractivity contribution in [3.05, 3.63) is 59.5 Å². The van der Waals surface area contributed by atoms with E-state index in [1.54, 1.807) is 11.7 Å². The lowest BCUT2D eigenvalue weighted by Crippen LogP contribution is -2.21. The van der Waals surface area contributed by atoms with Gasteiger partial charge in [-0.2, -0.15) is 0 Å². The third-order valence-corrected chi connectivity index (χ3v) is 5.99. The van der Waals surface area contributed by atoms with Crippen LogP contribution in [0.1, 0.15) is 10.4 Å². The standard InChI is InChI=1S/C25H23N5O3/c1-28(2)14-6-8-16-20(12-14)33-21-13-15(29(3)4)7-9-17(21)22(16)18-10-11-19-24(23(18)25(31)32)26-27-30(19)5/h6-13H,1-5H3/p+1. The van der Waals surface area contributed by atoms with Crippen LogP contribution in [0.25, 0.3) is 44.5 Å². The van der Waals surface area contributed by atoms with E-state index in [9.17, 15) is 9.90 Å². The molecule has 0 fully saturated rings. The summed E-state index contributed by atoms with van der Waals surface area (Å²) in [7, 11) is 9.63. The van der Waals surface area contributed by atoms with E-state index >= 15 is 0 Å². The fraction of sp³-hybridized carbons (Fsp3) is 0.200. The van der Waals surface area contributed by atoms with Crippen molar-refractivity contribution in [3.63, 3.8) is 0 Å². The van der Waals surface area contributed by atoms with Crippen LogP contribution in [0.15, 0.2) is 52.9 Å². The number of anilines is 1. The maximum Gasteiger partial charge on any atom is 0.338 e. The van der Waals surface area contributed by atoms with E-state index in [2.05, 4.69) is 10.3 Å². The molecular weight excluding hydrogens is 418 g/mol. The molecule has 33 heavy (non-hydrogen) atoms. The van der Waals surface area contributed by atoms with Gasteiger partial charge < -0.3 is 14.4 Å². The van der Waals surface area contributed by atoms with E-state index in [1.165, 1.54) is 0 Å². The molecule has 0 saturated carbocycles. The molecule has 0 saturated heterocycles. The Kier molecular flexibility index (Phi) is 4.67. The lowest BCUT2D eigenvalue weighted by molar-refractivity contribution is 0.0699. The van der Waals surface area contributed by atoms with Crippen LogP contribution in [0.4, 0.5) is 5.69 Å². The van der Waals surface area contributed by atoms with Crippen molar-refractivity contribution in [2.75, 3.05) is 33.1 Å². The van der Waals surface area contributed by atoms with Crippen LogP contribution in [0.5, 0.6) is 0 Å². The van der Waals surface area contributed by atoms with E-state index in [0.29, 0.717) is 27.9 Å². The van der Waals surface area contributed by atoms with Crippen molar-refractivity contribution in [2.45, 2.75) is 0 Å². The zero-order valence-corrected chi connectivity index (χ0v) is 19.1. The Morgan fingerprint density at radius 1 is 1.06 bits per heavy atom. The van der Waals surface area contributed by atoms with Crippen molar-refractivity contribution in [2.24, 2.45) is 7.05 Å². The molecule has 2 aliphatic rings. The summed E-state index contributed by atoms with van der Waals surface area (Å²) in [5.41, 5.74) is 5.02. The van der Waals surface area contributed by atoms with Gasteiger partial charge in [-0.3, -0.25) is 0 Å². The SMILES string of the molecule is CN(C)c1ccc2c(-c3ccc4c(nnn4C)c3C(=O)O)c3ccc(=[N+](C)C)cc-3oc2c1. The molecule has 0 unspecified atom stereocenters. The first-order valence-corrected chi connectivity index (χ1v) is 10.5. The van der Waals surface area contributed by atoms with Crippen molar-refractivity contribution in [3.8, 4) is 22.5 Å². The van der Waals surface area contributed by atoms with Gasteiger partial charge in [0, 0.05) is 61.0 Å². The van der Waals surface area contributed by atoms with Gasteiger partial charge in [0.2, 0.25) is 5.36 Å². The Labute approximate surface area is 189 Å². The molecule has 1 aliphatic carbocycles. The van der Waals surface area contributed by atoms with Crippen LogP contribution < -0.4 is 14.8 Å². The fourth-order valence-electron chi connectivity index (χ4n) is 4.24. The highest BCUT2D eigenvalue weighted by Gasteiger charge is 2.25. The average Bonchev–Trinajstić information content (AvgIpc) is 3.16. The molecule has 0 atom stereocenters. The van der Waals surface area contributed by atoms with Gasteiger partial charge in [0.15, 0.2) is 0 Å². The zero-order chi connectivity index (χ0) is 23.4. The fourth-order valence-corrected chi connectivity index (χ4v) is 4.24. The Morgan fingerprint density at radius 3 is 2.52 bits per heavy atom. The monoisotopic (exact) mass is 442 g/mol. The highest BCUT2D eigenvalue weighted by molar-refractivity contribution is 6.13. The second-order valence-electron chi connectivity index (χ2n) is 8.50. The van der Waals surface area contributed by atoms with Crippen LogP contribution in [0.3, 0.4) is 0 Å². The molecule has 8 nitrogen and oxygen atoms in total. The van der Waals surface area contributed by atoms with E-state index in [0.717, 1.165) is 27.6 Å². The van der Waals surface area contributed by atoms with Crippen molar-refractivity contribution in [1.82, 2.24) is 19.6 Å². The summed E-state index contributed by atoms with van der Waals surface area (Å²) in [6, 6.07) is 15.6. The first kappa shape index (κ1) is 20.7. The molecule has 2 heterocycles. The third kappa shape index (κ3) is 3.22. The molecule has 0 radical (unpaired) electrons. The minimum absolute atomic E-state index is 0.128. The van der Waals surface area contributed by atoms with Gasteiger partial charge in [0.25, 0.3) is 0 Å². The van der Waals surface area contributed by atoms with Crippen LogP contribution in [0, 0.1) is 0 Å². The number of benzene rings is 3. The average molecular weight is 442 g/mol. The van der Waals surface area contributed by atoms with Crippen molar-refractivity contribution >= 4 is 33.7 Å². The van der Waals surface area contributed by atoms with Gasteiger partial charge in [-0.05, 0) is 24.3 Å². The molecule has 166 valence electrons. The Morgan fingerprint density at radius 2 is 1.82 bits per heavy atom. The normalized spacial score (nSPS) is 11.4. The summed E-state index contributed by atoms with van der Waals surface area (Å²) in [6.45, 7) is 0. The Bertz CT molecular complexity index is 1610. The van der Waals surface area contributed by atoms with Crippen LogP contribution >= 0.6 is 0 Å². The smallest absolute Gasteiger partial charge is 0.338 e. The summed E-state index contributed by atoms with van der Waals surface area (Å²) < 4.78 is 9.93. The number of fused-ring (bicyclic) bond motifs is 3. The number of carboxylic acids is 1. The van der Waals surface area contributed by atoms with Gasteiger partial charge >= 0.3 is 5.97 Å². The highest BCUT2D eigenvalue weighted by atomic mass is 16.4. The van der Waals surface area contributed by atoms with Crippen LogP contribution in [0.2, 0.25) is 0 Å². The van der Waals surface area contributed by atoms with Gasteiger partial charge in [0.05, 0.1) is 17.1 Å². The molecule has 1 aromatic heterocycles. The quantitative estimate of drug-likeness (QED) is 0.341. The molecule has 2 aromatic carbocycles. The lowest BCUT2D eigenvalue weighted by atomic mass is 9.90. The topological polar surface area (TPSA) is 87.4 Å². The van der Waals surface area contributed by atoms with E-state index < -0.39 is 5.97 Å². The first-order chi connectivity index (χ1) is 15.8. The third-order valence-electron chi connectivity index (χ3n) is 5.99. The zero-order valence-electron chi connectivity index (χ0n) is 19.1. The molecule has 1 aliphatic heterocycles. The second-order valence-corrected chi connectivity index (χ2v) is 8.50. The molecule has 5 rings (SSSR count). The van der Waals surface area contributed by atoms with Gasteiger partial charge in [-0.1, -0.05) is 11.3 Å². The number of carboxylic acid groups (broad SMARTS) is 1. The number of nitrogens with zero attached hydrogens (tertiary/aromatic N) is 5. The predicted molar refractivity (Wildman–Crippen MR) is 129 cm³/mol. The minimum Gasteiger partial charge on any atom is -0.478 e. The maximum atomic E-state index is 12.5. The number of hydrogen-bond acceptors (Lipinski definition) is 5. The Balaban J connectivity index is 1.98. The summed E-state index contributed by atoms with van der Waals surface area (Å²) >= 11 is 0. The number of aryl methyl sites for hydroxylation is 1. The van der Waals surface area contributed by atoms with Gasteiger partial charge in [-0.25, -0.2) is 14.1 Å². The number of carbonyl (C=O) groups is 1. The minimum atomic E-state index is -1.05. The maximum absolute atomic E-state index is 12.5. The number of aromatic nitrogens is 3. The summed E-state index contributed by atoms with van der Waals surface area (Å²) in [5, 5.41) is 20.2. The van der Waals surface area contributed by atoms with Crippen molar-refractivity contribution in [1.29, 1.82) is 0 Å². The molecule has 0 amide bonds. The molecule has 1 N–H and O–H groups in total. The molecule has 3 aromatic rings. The predicted octanol–water partition coefficient (Wildman–Crippen LogP) is 3.28. The largest absolute Gasteiger partial charge is 0.478 e. The Hall–Kier alpha value is -4.20. The van der Waals surface area contributed by atoms with Crippen LogP contribution in [-0.4, -0.2) is 54.3 Å². The number of hydrogen-bond donors (Lipinski definition) is 1. The lowest BCUT2D eigenvalue weighted by Gasteiger charge is -2.18. The molecule has 0 bridgehead atoms. The second kappa shape index (κ2) is 7.44. The highest BCUT2D eigenvalue weighted by Crippen LogP contribution is 2.43. The van der Waals surface area contributed by atoms with E-state index in [4.69, 9.17) is 4.42 Å². The number of rotatable bonds is 3. The van der Waals surface area contributed by atoms with Gasteiger partial charge in [-0.15, -0.1) is 5.10 Å². The van der Waals surface area contributed by atoms with Crippen molar-refractivity contribution < 1.29 is 14.3 Å². The first-order valence-electron chi connectivity index (χ1n) is 10.5. The number of aromatic carboxylic acids is 1. The summed E-state index contributed by atoms with van der Waals surface area (Å²) in [5.74, 6) is -0.372. The molecular formula is C25H24N5O3+. The molecule has 0 spiro atoms. The van der Waals surface area contributed by atoms with Gasteiger partial charge in [0.1, 0.15) is 31.0 Å².